The number of allylic oxidation sites excluding steroid dienone is 2. The highest BCUT2D eigenvalue weighted by Crippen LogP contribution is 2.49. The Labute approximate surface area is 203 Å². The first-order chi connectivity index (χ1) is 16.5. The lowest BCUT2D eigenvalue weighted by molar-refractivity contribution is -0.140. The molecule has 0 heterocycles. The summed E-state index contributed by atoms with van der Waals surface area (Å²) in [5.74, 6) is 4.59. The van der Waals surface area contributed by atoms with E-state index in [0.29, 0.717) is 5.75 Å². The zero-order valence-electron chi connectivity index (χ0n) is 20.5. The van der Waals surface area contributed by atoms with Gasteiger partial charge in [-0.05, 0) is 131 Å². The molecule has 0 bridgehead atoms. The monoisotopic (exact) mass is 474 g/mol. The second kappa shape index (κ2) is 12.2. The Balaban J connectivity index is 1.19. The fourth-order valence-corrected chi connectivity index (χ4v) is 6.93. The predicted octanol–water partition coefficient (Wildman–Crippen LogP) is 8.19. The Kier molecular flexibility index (Phi) is 9.02. The summed E-state index contributed by atoms with van der Waals surface area (Å²) < 4.78 is 34.4. The minimum Gasteiger partial charge on any atom is -0.435 e. The molecule has 188 valence electrons. The van der Waals surface area contributed by atoms with Crippen LogP contribution in [0.15, 0.2) is 36.4 Å². The number of rotatable bonds is 8. The average molecular weight is 475 g/mol. The summed E-state index contributed by atoms with van der Waals surface area (Å²) in [4.78, 5) is 12.6. The van der Waals surface area contributed by atoms with Crippen molar-refractivity contribution in [1.29, 1.82) is 0 Å². The van der Waals surface area contributed by atoms with Crippen LogP contribution in [0.1, 0.15) is 84.0 Å². The Morgan fingerprint density at radius 2 is 1.47 bits per heavy atom. The maximum atomic E-state index is 12.6. The van der Waals surface area contributed by atoms with Crippen LogP contribution in [-0.2, 0) is 4.79 Å². The molecule has 0 saturated heterocycles. The quantitative estimate of drug-likeness (QED) is 0.216. The minimum absolute atomic E-state index is 0.0582. The molecule has 0 N–H and O–H groups in total. The van der Waals surface area contributed by atoms with Crippen molar-refractivity contribution >= 4 is 5.97 Å². The summed E-state index contributed by atoms with van der Waals surface area (Å²) in [6.45, 7) is -0.745. The van der Waals surface area contributed by atoms with Gasteiger partial charge in [0.2, 0.25) is 0 Å². The van der Waals surface area contributed by atoms with Crippen LogP contribution in [0.3, 0.4) is 0 Å². The van der Waals surface area contributed by atoms with E-state index in [9.17, 15) is 13.6 Å². The highest BCUT2D eigenvalue weighted by molar-refractivity contribution is 5.75. The molecule has 1 aromatic rings. The Bertz CT molecular complexity index is 798. The number of ether oxygens (including phenoxy) is 2. The van der Waals surface area contributed by atoms with Gasteiger partial charge in [0, 0.05) is 0 Å². The van der Waals surface area contributed by atoms with Crippen LogP contribution < -0.4 is 9.47 Å². The highest BCUT2D eigenvalue weighted by Gasteiger charge is 2.39. The number of hydrogen-bond acceptors (Lipinski definition) is 3. The van der Waals surface area contributed by atoms with E-state index < -0.39 is 6.61 Å². The molecule has 3 saturated carbocycles. The van der Waals surface area contributed by atoms with Crippen molar-refractivity contribution in [3.63, 3.8) is 0 Å². The zero-order chi connectivity index (χ0) is 23.9. The summed E-state index contributed by atoms with van der Waals surface area (Å²) in [6.07, 6.45) is 19.6. The van der Waals surface area contributed by atoms with Gasteiger partial charge in [-0.3, -0.25) is 4.79 Å². The Hall–Kier alpha value is -1.91. The van der Waals surface area contributed by atoms with Crippen LogP contribution in [0.2, 0.25) is 0 Å². The molecule has 3 aliphatic rings. The van der Waals surface area contributed by atoms with E-state index in [0.717, 1.165) is 55.3 Å². The van der Waals surface area contributed by atoms with Crippen molar-refractivity contribution < 1.29 is 23.0 Å². The number of carbonyl (C=O) groups excluding carboxylic acids is 1. The van der Waals surface area contributed by atoms with Crippen LogP contribution in [0, 0.1) is 35.5 Å². The van der Waals surface area contributed by atoms with E-state index in [2.05, 4.69) is 23.8 Å². The van der Waals surface area contributed by atoms with Crippen LogP contribution in [-0.4, -0.2) is 12.6 Å². The van der Waals surface area contributed by atoms with Gasteiger partial charge in [-0.25, -0.2) is 0 Å². The van der Waals surface area contributed by atoms with Gasteiger partial charge in [-0.1, -0.05) is 18.6 Å². The zero-order valence-corrected chi connectivity index (χ0v) is 20.5. The predicted molar refractivity (Wildman–Crippen MR) is 130 cm³/mol. The first-order valence-electron chi connectivity index (χ1n) is 13.4. The molecule has 0 aliphatic heterocycles. The van der Waals surface area contributed by atoms with Crippen molar-refractivity contribution in [2.75, 3.05) is 0 Å². The molecule has 34 heavy (non-hydrogen) atoms. The SMILES string of the molecule is C/C=C/CCC1CCC2CC(C3CCC(C(=O)Oc4ccc(OC(F)F)cc4)CC3)CCC2C1. The van der Waals surface area contributed by atoms with Gasteiger partial charge in [0.1, 0.15) is 11.5 Å². The van der Waals surface area contributed by atoms with E-state index in [-0.39, 0.29) is 17.6 Å². The van der Waals surface area contributed by atoms with Crippen molar-refractivity contribution in [1.82, 2.24) is 0 Å². The lowest BCUT2D eigenvalue weighted by atomic mass is 9.60. The number of halogens is 2. The van der Waals surface area contributed by atoms with Gasteiger partial charge in [0.25, 0.3) is 0 Å². The third-order valence-corrected chi connectivity index (χ3v) is 8.78. The molecule has 4 unspecified atom stereocenters. The lowest BCUT2D eigenvalue weighted by Crippen LogP contribution is -2.35. The summed E-state index contributed by atoms with van der Waals surface area (Å²) in [7, 11) is 0. The van der Waals surface area contributed by atoms with Gasteiger partial charge in [-0.15, -0.1) is 0 Å². The Morgan fingerprint density at radius 3 is 2.15 bits per heavy atom. The van der Waals surface area contributed by atoms with Crippen molar-refractivity contribution in [2.45, 2.75) is 90.6 Å². The molecule has 0 aromatic heterocycles. The maximum Gasteiger partial charge on any atom is 0.387 e. The van der Waals surface area contributed by atoms with Crippen LogP contribution in [0.5, 0.6) is 11.5 Å². The van der Waals surface area contributed by atoms with E-state index >= 15 is 0 Å². The first kappa shape index (κ1) is 25.2. The summed E-state index contributed by atoms with van der Waals surface area (Å²) in [6, 6.07) is 5.82. The first-order valence-corrected chi connectivity index (χ1v) is 13.4. The second-order valence-corrected chi connectivity index (χ2v) is 10.8. The molecule has 0 radical (unpaired) electrons. The Morgan fingerprint density at radius 1 is 0.882 bits per heavy atom. The summed E-state index contributed by atoms with van der Waals surface area (Å²) in [5.41, 5.74) is 0. The molecule has 3 aliphatic carbocycles. The fraction of sp³-hybridized carbons (Fsp3) is 0.690. The van der Waals surface area contributed by atoms with E-state index in [1.165, 1.54) is 75.6 Å². The maximum absolute atomic E-state index is 12.6. The molecule has 0 spiro atoms. The molecule has 1 aromatic carbocycles. The molecule has 3 fully saturated rings. The van der Waals surface area contributed by atoms with Crippen molar-refractivity contribution in [3.05, 3.63) is 36.4 Å². The number of fused-ring (bicyclic) bond motifs is 1. The van der Waals surface area contributed by atoms with Crippen LogP contribution in [0.25, 0.3) is 0 Å². The normalized spacial score (nSPS) is 31.9. The molecule has 0 amide bonds. The molecular formula is C29H40F2O3. The fourth-order valence-electron chi connectivity index (χ4n) is 6.93. The van der Waals surface area contributed by atoms with Gasteiger partial charge in [0.15, 0.2) is 0 Å². The summed E-state index contributed by atoms with van der Waals surface area (Å²) in [5, 5.41) is 0. The molecule has 3 nitrogen and oxygen atoms in total. The second-order valence-electron chi connectivity index (χ2n) is 10.8. The molecule has 4 atom stereocenters. The van der Waals surface area contributed by atoms with Gasteiger partial charge in [-0.2, -0.15) is 8.78 Å². The number of carbonyl (C=O) groups is 1. The summed E-state index contributed by atoms with van der Waals surface area (Å²) >= 11 is 0. The average Bonchev–Trinajstić information content (AvgIpc) is 2.85. The standard InChI is InChI=1S/C29H40F2O3/c1-2-3-4-5-20-6-7-25-19-24(13-12-23(25)18-20)21-8-10-22(11-9-21)28(32)33-26-14-16-27(17-15-26)34-29(30)31/h2-3,14-17,20-25,29H,4-13,18-19H2,1H3/b3-2+. The van der Waals surface area contributed by atoms with E-state index in [4.69, 9.17) is 4.74 Å². The van der Waals surface area contributed by atoms with Crippen molar-refractivity contribution in [3.8, 4) is 11.5 Å². The molecule has 4 rings (SSSR count). The largest absolute Gasteiger partial charge is 0.435 e. The smallest absolute Gasteiger partial charge is 0.387 e. The topological polar surface area (TPSA) is 35.5 Å². The minimum atomic E-state index is -2.86. The van der Waals surface area contributed by atoms with Crippen molar-refractivity contribution in [2.24, 2.45) is 35.5 Å². The lowest BCUT2D eigenvalue weighted by Gasteiger charge is -2.45. The van der Waals surface area contributed by atoms with E-state index in [1.807, 2.05) is 0 Å². The van der Waals surface area contributed by atoms with Gasteiger partial charge in [0.05, 0.1) is 5.92 Å². The number of esters is 1. The third kappa shape index (κ3) is 6.82. The number of benzene rings is 1. The number of hydrogen-bond donors (Lipinski definition) is 0. The third-order valence-electron chi connectivity index (χ3n) is 8.78. The van der Waals surface area contributed by atoms with E-state index in [1.54, 1.807) is 0 Å². The molecular weight excluding hydrogens is 434 g/mol. The molecule has 5 heteroatoms. The highest BCUT2D eigenvalue weighted by atomic mass is 19.3. The van der Waals surface area contributed by atoms with Gasteiger partial charge >= 0.3 is 12.6 Å². The van der Waals surface area contributed by atoms with Gasteiger partial charge < -0.3 is 9.47 Å². The van der Waals surface area contributed by atoms with Crippen LogP contribution >= 0.6 is 0 Å². The van der Waals surface area contributed by atoms with Crippen LogP contribution in [0.4, 0.5) is 8.78 Å². The number of alkyl halides is 2.